The number of ether oxygens (including phenoxy) is 1. The Morgan fingerprint density at radius 1 is 1.44 bits per heavy atom. The van der Waals surface area contributed by atoms with Gasteiger partial charge in [-0.05, 0) is 30.5 Å². The summed E-state index contributed by atoms with van der Waals surface area (Å²) in [6.07, 6.45) is 3.31. The Balaban J connectivity index is 2.69. The van der Waals surface area contributed by atoms with E-state index in [2.05, 4.69) is 11.3 Å². The van der Waals surface area contributed by atoms with Crippen molar-refractivity contribution in [1.82, 2.24) is 0 Å². The second-order valence-corrected chi connectivity index (χ2v) is 3.42. The van der Waals surface area contributed by atoms with Crippen LogP contribution in [0, 0.1) is 0 Å². The van der Waals surface area contributed by atoms with E-state index >= 15 is 0 Å². The monoisotopic (exact) mass is 227 g/mol. The molecule has 0 spiro atoms. The van der Waals surface area contributed by atoms with Crippen LogP contribution in [0.1, 0.15) is 24.4 Å². The molecule has 0 amide bonds. The highest BCUT2D eigenvalue weighted by Gasteiger charge is 2.08. The smallest absolute Gasteiger partial charge is 0.387 e. The molecule has 0 bridgehead atoms. The zero-order valence-corrected chi connectivity index (χ0v) is 8.90. The van der Waals surface area contributed by atoms with E-state index < -0.39 is 6.61 Å². The summed E-state index contributed by atoms with van der Waals surface area (Å²) in [4.78, 5) is 0. The molecule has 1 rings (SSSR count). The first-order valence-electron chi connectivity index (χ1n) is 5.04. The van der Waals surface area contributed by atoms with Crippen LogP contribution in [0.25, 0.3) is 0 Å². The minimum absolute atomic E-state index is 0.140. The lowest BCUT2D eigenvalue weighted by atomic mass is 10.0. The molecule has 1 unspecified atom stereocenters. The van der Waals surface area contributed by atoms with Gasteiger partial charge in [-0.2, -0.15) is 8.78 Å². The second kappa shape index (κ2) is 6.23. The molecule has 0 fully saturated rings. The molecule has 0 radical (unpaired) electrons. The van der Waals surface area contributed by atoms with Crippen molar-refractivity contribution < 1.29 is 13.5 Å². The molecule has 1 atom stereocenters. The van der Waals surface area contributed by atoms with E-state index in [1.165, 1.54) is 6.07 Å². The molecule has 1 aromatic rings. The molecular formula is C12H15F2NO. The van der Waals surface area contributed by atoms with E-state index in [0.29, 0.717) is 0 Å². The van der Waals surface area contributed by atoms with Crippen molar-refractivity contribution in [2.45, 2.75) is 25.5 Å². The minimum atomic E-state index is -2.81. The molecule has 0 aliphatic heterocycles. The summed E-state index contributed by atoms with van der Waals surface area (Å²) in [6.45, 7) is 0.798. The topological polar surface area (TPSA) is 35.2 Å². The van der Waals surface area contributed by atoms with E-state index in [0.717, 1.165) is 18.4 Å². The van der Waals surface area contributed by atoms with Gasteiger partial charge in [0.05, 0.1) is 0 Å². The highest BCUT2D eigenvalue weighted by atomic mass is 19.3. The molecule has 0 heterocycles. The lowest BCUT2D eigenvalue weighted by molar-refractivity contribution is -0.0498. The fourth-order valence-corrected chi connectivity index (χ4v) is 1.39. The lowest BCUT2D eigenvalue weighted by Crippen LogP contribution is -2.10. The van der Waals surface area contributed by atoms with Gasteiger partial charge in [-0.1, -0.05) is 18.2 Å². The van der Waals surface area contributed by atoms with Crippen LogP contribution < -0.4 is 10.5 Å². The molecule has 2 N–H and O–H groups in total. The summed E-state index contributed by atoms with van der Waals surface area (Å²) < 4.78 is 28.3. The Labute approximate surface area is 93.7 Å². The van der Waals surface area contributed by atoms with Gasteiger partial charge in [-0.15, -0.1) is 6.58 Å². The average molecular weight is 227 g/mol. The van der Waals surface area contributed by atoms with Crippen molar-refractivity contribution in [2.75, 3.05) is 0 Å². The number of hydrogen-bond donors (Lipinski definition) is 1. The molecule has 1 aromatic carbocycles. The number of benzene rings is 1. The maximum absolute atomic E-state index is 12.0. The van der Waals surface area contributed by atoms with Crippen molar-refractivity contribution >= 4 is 0 Å². The summed E-state index contributed by atoms with van der Waals surface area (Å²) in [7, 11) is 0. The van der Waals surface area contributed by atoms with Crippen LogP contribution >= 0.6 is 0 Å². The third kappa shape index (κ3) is 3.98. The Hall–Kier alpha value is -1.42. The SMILES string of the molecule is C=CCCC(N)c1cccc(OC(F)F)c1. The number of allylic oxidation sites excluding steroid dienone is 1. The summed E-state index contributed by atoms with van der Waals surface area (Å²) in [5, 5.41) is 0. The molecule has 0 aromatic heterocycles. The molecular weight excluding hydrogens is 212 g/mol. The predicted octanol–water partition coefficient (Wildman–Crippen LogP) is 3.25. The summed E-state index contributed by atoms with van der Waals surface area (Å²) in [6, 6.07) is 6.29. The van der Waals surface area contributed by atoms with Crippen LogP contribution in [-0.2, 0) is 0 Å². The van der Waals surface area contributed by atoms with Crippen molar-refractivity contribution in [1.29, 1.82) is 0 Å². The third-order valence-corrected chi connectivity index (χ3v) is 2.19. The summed E-state index contributed by atoms with van der Waals surface area (Å²) >= 11 is 0. The van der Waals surface area contributed by atoms with Gasteiger partial charge in [0.2, 0.25) is 0 Å². The standard InChI is InChI=1S/C12H15F2NO/c1-2-3-7-11(15)9-5-4-6-10(8-9)16-12(13)14/h2,4-6,8,11-12H,1,3,7,15H2. The zero-order valence-electron chi connectivity index (χ0n) is 8.90. The second-order valence-electron chi connectivity index (χ2n) is 3.42. The number of rotatable bonds is 6. The fraction of sp³-hybridized carbons (Fsp3) is 0.333. The zero-order chi connectivity index (χ0) is 12.0. The van der Waals surface area contributed by atoms with Gasteiger partial charge in [0.1, 0.15) is 5.75 Å². The normalized spacial score (nSPS) is 12.5. The molecule has 0 saturated heterocycles. The molecule has 0 aliphatic carbocycles. The quantitative estimate of drug-likeness (QED) is 0.757. The van der Waals surface area contributed by atoms with Crippen LogP contribution in [0.3, 0.4) is 0 Å². The minimum Gasteiger partial charge on any atom is -0.435 e. The Bertz CT molecular complexity index is 342. The van der Waals surface area contributed by atoms with Crippen LogP contribution in [-0.4, -0.2) is 6.61 Å². The fourth-order valence-electron chi connectivity index (χ4n) is 1.39. The number of halogens is 2. The van der Waals surface area contributed by atoms with Gasteiger partial charge in [0.25, 0.3) is 0 Å². The van der Waals surface area contributed by atoms with E-state index in [9.17, 15) is 8.78 Å². The molecule has 88 valence electrons. The highest BCUT2D eigenvalue weighted by molar-refractivity contribution is 5.30. The number of nitrogens with two attached hydrogens (primary N) is 1. The third-order valence-electron chi connectivity index (χ3n) is 2.19. The molecule has 16 heavy (non-hydrogen) atoms. The van der Waals surface area contributed by atoms with E-state index in [4.69, 9.17) is 5.73 Å². The van der Waals surface area contributed by atoms with Gasteiger partial charge < -0.3 is 10.5 Å². The van der Waals surface area contributed by atoms with E-state index in [-0.39, 0.29) is 11.8 Å². The first-order valence-corrected chi connectivity index (χ1v) is 5.04. The molecule has 4 heteroatoms. The van der Waals surface area contributed by atoms with E-state index in [1.54, 1.807) is 24.3 Å². The number of alkyl halides is 2. The first-order chi connectivity index (χ1) is 7.63. The Kier molecular flexibility index (Phi) is 4.92. The molecule has 0 saturated carbocycles. The van der Waals surface area contributed by atoms with Crippen molar-refractivity contribution in [2.24, 2.45) is 5.73 Å². The van der Waals surface area contributed by atoms with Crippen molar-refractivity contribution in [3.63, 3.8) is 0 Å². The van der Waals surface area contributed by atoms with Crippen molar-refractivity contribution in [3.05, 3.63) is 42.5 Å². The van der Waals surface area contributed by atoms with Crippen LogP contribution in [0.2, 0.25) is 0 Å². The first kappa shape index (κ1) is 12.6. The maximum atomic E-state index is 12.0. The highest BCUT2D eigenvalue weighted by Crippen LogP contribution is 2.22. The largest absolute Gasteiger partial charge is 0.435 e. The van der Waals surface area contributed by atoms with Gasteiger partial charge in [0.15, 0.2) is 0 Å². The van der Waals surface area contributed by atoms with Gasteiger partial charge in [0, 0.05) is 6.04 Å². The van der Waals surface area contributed by atoms with Crippen LogP contribution in [0.4, 0.5) is 8.78 Å². The molecule has 2 nitrogen and oxygen atoms in total. The molecule has 0 aliphatic rings. The predicted molar refractivity (Wildman–Crippen MR) is 59.4 cm³/mol. The Morgan fingerprint density at radius 3 is 2.81 bits per heavy atom. The maximum Gasteiger partial charge on any atom is 0.387 e. The average Bonchev–Trinajstić information content (AvgIpc) is 2.25. The van der Waals surface area contributed by atoms with Crippen LogP contribution in [0.5, 0.6) is 5.75 Å². The van der Waals surface area contributed by atoms with Gasteiger partial charge >= 0.3 is 6.61 Å². The van der Waals surface area contributed by atoms with Gasteiger partial charge in [-0.3, -0.25) is 0 Å². The number of hydrogen-bond acceptors (Lipinski definition) is 2. The van der Waals surface area contributed by atoms with Crippen molar-refractivity contribution in [3.8, 4) is 5.75 Å². The van der Waals surface area contributed by atoms with Crippen LogP contribution in [0.15, 0.2) is 36.9 Å². The summed E-state index contributed by atoms with van der Waals surface area (Å²) in [5.41, 5.74) is 6.68. The lowest BCUT2D eigenvalue weighted by Gasteiger charge is -2.12. The Morgan fingerprint density at radius 2 is 2.19 bits per heavy atom. The van der Waals surface area contributed by atoms with E-state index in [1.807, 2.05) is 0 Å². The van der Waals surface area contributed by atoms with Gasteiger partial charge in [-0.25, -0.2) is 0 Å². The summed E-state index contributed by atoms with van der Waals surface area (Å²) in [5.74, 6) is 0.140.